The lowest BCUT2D eigenvalue weighted by atomic mass is 9.90. The van der Waals surface area contributed by atoms with Crippen LogP contribution >= 0.6 is 0 Å². The normalized spacial score (nSPS) is 15.0. The summed E-state index contributed by atoms with van der Waals surface area (Å²) >= 11 is 0. The van der Waals surface area contributed by atoms with Gasteiger partial charge in [0.25, 0.3) is 11.5 Å². The van der Waals surface area contributed by atoms with E-state index in [2.05, 4.69) is 17.2 Å². The van der Waals surface area contributed by atoms with Gasteiger partial charge in [-0.05, 0) is 62.3 Å². The lowest BCUT2D eigenvalue weighted by molar-refractivity contribution is 0.0678. The summed E-state index contributed by atoms with van der Waals surface area (Å²) in [5, 5.41) is 4.07. The first-order valence-electron chi connectivity index (χ1n) is 9.62. The van der Waals surface area contributed by atoms with Crippen LogP contribution in [0.15, 0.2) is 41.2 Å². The van der Waals surface area contributed by atoms with Crippen LogP contribution in [-0.2, 0) is 13.5 Å². The van der Waals surface area contributed by atoms with Gasteiger partial charge >= 0.3 is 0 Å². The molecule has 144 valence electrons. The minimum Gasteiger partial charge on any atom is -0.494 e. The zero-order valence-electron chi connectivity index (χ0n) is 16.1. The monoisotopic (exact) mass is 369 g/mol. The fraction of sp³-hybridized carbons (Fsp3) is 0.476. The van der Waals surface area contributed by atoms with Crippen LogP contribution in [0.25, 0.3) is 0 Å². The Morgan fingerprint density at radius 2 is 1.85 bits per heavy atom. The molecule has 1 aromatic heterocycles. The second-order valence-corrected chi connectivity index (χ2v) is 7.03. The van der Waals surface area contributed by atoms with E-state index in [4.69, 9.17) is 4.74 Å². The van der Waals surface area contributed by atoms with Gasteiger partial charge in [0.15, 0.2) is 0 Å². The average molecular weight is 369 g/mol. The Morgan fingerprint density at radius 3 is 2.48 bits per heavy atom. The highest BCUT2D eigenvalue weighted by Gasteiger charge is 2.24. The van der Waals surface area contributed by atoms with Gasteiger partial charge in [-0.1, -0.05) is 12.1 Å². The van der Waals surface area contributed by atoms with Crippen LogP contribution < -0.4 is 10.3 Å². The van der Waals surface area contributed by atoms with E-state index < -0.39 is 0 Å². The molecule has 27 heavy (non-hydrogen) atoms. The van der Waals surface area contributed by atoms with Crippen molar-refractivity contribution in [3.05, 3.63) is 58.0 Å². The molecular formula is C21H27N3O3. The van der Waals surface area contributed by atoms with Gasteiger partial charge in [-0.2, -0.15) is 5.10 Å². The summed E-state index contributed by atoms with van der Waals surface area (Å²) in [6, 6.07) is 11.2. The summed E-state index contributed by atoms with van der Waals surface area (Å²) in [6.45, 7) is 4.17. The maximum atomic E-state index is 12.6. The van der Waals surface area contributed by atoms with Gasteiger partial charge < -0.3 is 9.64 Å². The topological polar surface area (TPSA) is 64.4 Å². The number of hydrogen-bond acceptors (Lipinski definition) is 4. The number of hydrogen-bond donors (Lipinski definition) is 0. The van der Waals surface area contributed by atoms with Gasteiger partial charge in [-0.15, -0.1) is 0 Å². The van der Waals surface area contributed by atoms with Crippen molar-refractivity contribution in [3.63, 3.8) is 0 Å². The third-order valence-electron chi connectivity index (χ3n) is 5.16. The summed E-state index contributed by atoms with van der Waals surface area (Å²) in [5.41, 5.74) is 1.45. The SMILES string of the molecule is CCOc1ccc(CCC2CCN(C(=O)c3ccc(=O)n(C)n3)CC2)cc1. The fourth-order valence-electron chi connectivity index (χ4n) is 3.49. The smallest absolute Gasteiger partial charge is 0.274 e. The van der Waals surface area contributed by atoms with Crippen LogP contribution in [0.3, 0.4) is 0 Å². The van der Waals surface area contributed by atoms with Crippen LogP contribution in [0, 0.1) is 5.92 Å². The molecule has 1 saturated heterocycles. The molecule has 6 nitrogen and oxygen atoms in total. The molecule has 0 saturated carbocycles. The molecular weight excluding hydrogens is 342 g/mol. The Bertz CT molecular complexity index is 821. The van der Waals surface area contributed by atoms with Crippen molar-refractivity contribution in [2.24, 2.45) is 13.0 Å². The van der Waals surface area contributed by atoms with Gasteiger partial charge in [0.2, 0.25) is 0 Å². The number of carbonyl (C=O) groups excluding carboxylic acids is 1. The van der Waals surface area contributed by atoms with E-state index in [1.54, 1.807) is 7.05 Å². The molecule has 3 rings (SSSR count). The Hall–Kier alpha value is -2.63. The Kier molecular flexibility index (Phi) is 6.27. The molecule has 1 amide bonds. The van der Waals surface area contributed by atoms with Crippen molar-refractivity contribution in [1.82, 2.24) is 14.7 Å². The maximum absolute atomic E-state index is 12.6. The summed E-state index contributed by atoms with van der Waals surface area (Å²) in [4.78, 5) is 25.8. The maximum Gasteiger partial charge on any atom is 0.274 e. The number of rotatable bonds is 6. The number of benzene rings is 1. The van der Waals surface area contributed by atoms with Crippen molar-refractivity contribution in [3.8, 4) is 5.75 Å². The number of amides is 1. The largest absolute Gasteiger partial charge is 0.494 e. The highest BCUT2D eigenvalue weighted by atomic mass is 16.5. The molecule has 6 heteroatoms. The molecule has 0 radical (unpaired) electrons. The number of carbonyl (C=O) groups is 1. The molecule has 0 bridgehead atoms. The predicted octanol–water partition coefficient (Wildman–Crippen LogP) is 2.66. The van der Waals surface area contributed by atoms with Gasteiger partial charge in [-0.3, -0.25) is 9.59 Å². The molecule has 1 aliphatic heterocycles. The Morgan fingerprint density at radius 1 is 1.15 bits per heavy atom. The summed E-state index contributed by atoms with van der Waals surface area (Å²) in [6.07, 6.45) is 4.20. The summed E-state index contributed by atoms with van der Waals surface area (Å²) in [5.74, 6) is 1.46. The standard InChI is InChI=1S/C21H27N3O3/c1-3-27-18-8-6-16(7-9-18)4-5-17-12-14-24(15-13-17)21(26)19-10-11-20(25)23(2)22-19/h6-11,17H,3-5,12-15H2,1-2H3. The number of piperidine rings is 1. The highest BCUT2D eigenvalue weighted by Crippen LogP contribution is 2.24. The third kappa shape index (κ3) is 4.96. The van der Waals surface area contributed by atoms with Crippen LogP contribution in [0.1, 0.15) is 42.2 Å². The first-order chi connectivity index (χ1) is 13.1. The van der Waals surface area contributed by atoms with E-state index in [-0.39, 0.29) is 11.5 Å². The first kappa shape index (κ1) is 19.1. The second-order valence-electron chi connectivity index (χ2n) is 7.03. The van der Waals surface area contributed by atoms with Crippen molar-refractivity contribution >= 4 is 5.91 Å². The van der Waals surface area contributed by atoms with Crippen molar-refractivity contribution < 1.29 is 9.53 Å². The van der Waals surface area contributed by atoms with Crippen LogP contribution in [-0.4, -0.2) is 40.3 Å². The van der Waals surface area contributed by atoms with E-state index >= 15 is 0 Å². The molecule has 0 atom stereocenters. The van der Waals surface area contributed by atoms with Gasteiger partial charge in [0.1, 0.15) is 11.4 Å². The van der Waals surface area contributed by atoms with E-state index in [1.807, 2.05) is 24.0 Å². The lowest BCUT2D eigenvalue weighted by Gasteiger charge is -2.31. The molecule has 2 aromatic rings. The van der Waals surface area contributed by atoms with Gasteiger partial charge in [0.05, 0.1) is 6.61 Å². The van der Waals surface area contributed by atoms with E-state index in [9.17, 15) is 9.59 Å². The quantitative estimate of drug-likeness (QED) is 0.785. The van der Waals surface area contributed by atoms with Crippen LogP contribution in [0.4, 0.5) is 0 Å². The van der Waals surface area contributed by atoms with Gasteiger partial charge in [0, 0.05) is 26.2 Å². The molecule has 0 N–H and O–H groups in total. The average Bonchev–Trinajstić information content (AvgIpc) is 2.70. The predicted molar refractivity (Wildman–Crippen MR) is 104 cm³/mol. The minimum absolute atomic E-state index is 0.0874. The molecule has 1 fully saturated rings. The van der Waals surface area contributed by atoms with Crippen molar-refractivity contribution in [1.29, 1.82) is 0 Å². The molecule has 0 spiro atoms. The first-order valence-corrected chi connectivity index (χ1v) is 9.62. The third-order valence-corrected chi connectivity index (χ3v) is 5.16. The number of nitrogens with zero attached hydrogens (tertiary/aromatic N) is 3. The van der Waals surface area contributed by atoms with E-state index in [0.717, 1.165) is 44.5 Å². The van der Waals surface area contributed by atoms with Crippen LogP contribution in [0.5, 0.6) is 5.75 Å². The Balaban J connectivity index is 1.47. The zero-order chi connectivity index (χ0) is 19.2. The molecule has 2 heterocycles. The highest BCUT2D eigenvalue weighted by molar-refractivity contribution is 5.92. The zero-order valence-corrected chi connectivity index (χ0v) is 16.1. The molecule has 0 aliphatic carbocycles. The lowest BCUT2D eigenvalue weighted by Crippen LogP contribution is -2.39. The van der Waals surface area contributed by atoms with Crippen molar-refractivity contribution in [2.45, 2.75) is 32.6 Å². The number of likely N-dealkylation sites (tertiary alicyclic amines) is 1. The number of ether oxygens (including phenoxy) is 1. The molecule has 0 unspecified atom stereocenters. The Labute approximate surface area is 159 Å². The van der Waals surface area contributed by atoms with E-state index in [1.165, 1.54) is 22.4 Å². The minimum atomic E-state index is -0.209. The summed E-state index contributed by atoms with van der Waals surface area (Å²) in [7, 11) is 1.56. The van der Waals surface area contributed by atoms with E-state index in [0.29, 0.717) is 18.2 Å². The molecule has 1 aromatic carbocycles. The number of aryl methyl sites for hydroxylation is 2. The fourth-order valence-corrected chi connectivity index (χ4v) is 3.49. The second kappa shape index (κ2) is 8.84. The van der Waals surface area contributed by atoms with Gasteiger partial charge in [-0.25, -0.2) is 4.68 Å². The van der Waals surface area contributed by atoms with Crippen molar-refractivity contribution in [2.75, 3.05) is 19.7 Å². The van der Waals surface area contributed by atoms with Crippen LogP contribution in [0.2, 0.25) is 0 Å². The molecule has 1 aliphatic rings. The summed E-state index contributed by atoms with van der Waals surface area (Å²) < 4.78 is 6.68. The number of aromatic nitrogens is 2.